The van der Waals surface area contributed by atoms with E-state index in [1.165, 1.54) is 0 Å². The van der Waals surface area contributed by atoms with E-state index in [2.05, 4.69) is 22.0 Å². The van der Waals surface area contributed by atoms with Crippen molar-refractivity contribution < 1.29 is 9.53 Å². The first kappa shape index (κ1) is 19.7. The van der Waals surface area contributed by atoms with Gasteiger partial charge < -0.3 is 15.0 Å². The van der Waals surface area contributed by atoms with Gasteiger partial charge in [-0.25, -0.2) is 0 Å². The Morgan fingerprint density at radius 1 is 1.22 bits per heavy atom. The Kier molecular flexibility index (Phi) is 8.37. The van der Waals surface area contributed by atoms with E-state index in [0.717, 1.165) is 44.0 Å². The lowest BCUT2D eigenvalue weighted by Crippen LogP contribution is -2.53. The van der Waals surface area contributed by atoms with Gasteiger partial charge in [-0.15, -0.1) is 12.4 Å². The molecule has 0 spiro atoms. The first-order valence-electron chi connectivity index (χ1n) is 8.01. The van der Waals surface area contributed by atoms with Crippen molar-refractivity contribution in [1.29, 1.82) is 0 Å². The third-order valence-corrected chi connectivity index (χ3v) is 4.41. The number of benzene rings is 1. The molecule has 1 fully saturated rings. The van der Waals surface area contributed by atoms with Gasteiger partial charge in [0.25, 0.3) is 0 Å². The van der Waals surface area contributed by atoms with Crippen LogP contribution >= 0.6 is 12.4 Å². The summed E-state index contributed by atoms with van der Waals surface area (Å²) < 4.78 is 5.13. The molecule has 0 aromatic heterocycles. The summed E-state index contributed by atoms with van der Waals surface area (Å²) in [7, 11) is 1.65. The number of halogens is 1. The SMILES string of the molecule is CCN1CCN(C(C)C(=O)NCc2ccc(OC)cc2)CC1.Cl. The van der Waals surface area contributed by atoms with E-state index in [0.29, 0.717) is 6.54 Å². The fourth-order valence-electron chi connectivity index (χ4n) is 2.71. The molecular weight excluding hydrogens is 314 g/mol. The van der Waals surface area contributed by atoms with Crippen LogP contribution in [0.4, 0.5) is 0 Å². The molecule has 1 unspecified atom stereocenters. The number of hydrogen-bond donors (Lipinski definition) is 1. The number of carbonyl (C=O) groups excluding carboxylic acids is 1. The standard InChI is InChI=1S/C17H27N3O2.ClH/c1-4-19-9-11-20(12-10-19)14(2)17(21)18-13-15-5-7-16(22-3)8-6-15;/h5-8,14H,4,9-13H2,1-3H3,(H,18,21);1H. The van der Waals surface area contributed by atoms with Crippen LogP contribution in [-0.2, 0) is 11.3 Å². The number of rotatable bonds is 6. The van der Waals surface area contributed by atoms with Gasteiger partial charge in [0, 0.05) is 32.7 Å². The zero-order valence-corrected chi connectivity index (χ0v) is 15.1. The molecule has 1 aliphatic rings. The van der Waals surface area contributed by atoms with E-state index < -0.39 is 0 Å². The van der Waals surface area contributed by atoms with Crippen molar-refractivity contribution in [3.8, 4) is 5.75 Å². The van der Waals surface area contributed by atoms with Crippen molar-refractivity contribution in [3.63, 3.8) is 0 Å². The van der Waals surface area contributed by atoms with Gasteiger partial charge >= 0.3 is 0 Å². The molecule has 130 valence electrons. The molecule has 1 atom stereocenters. The summed E-state index contributed by atoms with van der Waals surface area (Å²) in [5, 5.41) is 3.02. The van der Waals surface area contributed by atoms with Gasteiger partial charge in [-0.1, -0.05) is 19.1 Å². The average molecular weight is 342 g/mol. The Labute approximate surface area is 145 Å². The first-order chi connectivity index (χ1) is 10.6. The van der Waals surface area contributed by atoms with Crippen molar-refractivity contribution in [2.24, 2.45) is 0 Å². The van der Waals surface area contributed by atoms with Crippen molar-refractivity contribution in [1.82, 2.24) is 15.1 Å². The van der Waals surface area contributed by atoms with Crippen molar-refractivity contribution in [2.75, 3.05) is 39.8 Å². The van der Waals surface area contributed by atoms with Gasteiger partial charge in [0.15, 0.2) is 0 Å². The van der Waals surface area contributed by atoms with Crippen molar-refractivity contribution in [2.45, 2.75) is 26.4 Å². The maximum Gasteiger partial charge on any atom is 0.237 e. The largest absolute Gasteiger partial charge is 0.497 e. The molecule has 1 heterocycles. The highest BCUT2D eigenvalue weighted by atomic mass is 35.5. The van der Waals surface area contributed by atoms with E-state index in [9.17, 15) is 4.79 Å². The Balaban J connectivity index is 0.00000264. The molecule has 0 bridgehead atoms. The van der Waals surface area contributed by atoms with Gasteiger partial charge in [-0.3, -0.25) is 9.69 Å². The van der Waals surface area contributed by atoms with E-state index >= 15 is 0 Å². The number of nitrogens with one attached hydrogen (secondary N) is 1. The monoisotopic (exact) mass is 341 g/mol. The summed E-state index contributed by atoms with van der Waals surface area (Å²) in [6, 6.07) is 7.70. The van der Waals surface area contributed by atoms with Gasteiger partial charge in [-0.05, 0) is 31.2 Å². The lowest BCUT2D eigenvalue weighted by molar-refractivity contribution is -0.126. The topological polar surface area (TPSA) is 44.8 Å². The average Bonchev–Trinajstić information content (AvgIpc) is 2.59. The number of hydrogen-bond acceptors (Lipinski definition) is 4. The molecule has 23 heavy (non-hydrogen) atoms. The highest BCUT2D eigenvalue weighted by Crippen LogP contribution is 2.11. The van der Waals surface area contributed by atoms with Crippen LogP contribution in [0.1, 0.15) is 19.4 Å². The minimum absolute atomic E-state index is 0. The molecule has 0 radical (unpaired) electrons. The van der Waals surface area contributed by atoms with E-state index in [-0.39, 0.29) is 24.4 Å². The van der Waals surface area contributed by atoms with Crippen LogP contribution in [0.15, 0.2) is 24.3 Å². The molecule has 0 aliphatic carbocycles. The predicted octanol–water partition coefficient (Wildman–Crippen LogP) is 1.76. The fourth-order valence-corrected chi connectivity index (χ4v) is 2.71. The van der Waals surface area contributed by atoms with E-state index in [4.69, 9.17) is 4.74 Å². The van der Waals surface area contributed by atoms with Gasteiger partial charge in [0.2, 0.25) is 5.91 Å². The summed E-state index contributed by atoms with van der Waals surface area (Å²) in [6.45, 7) is 9.84. The predicted molar refractivity (Wildman–Crippen MR) is 95.2 cm³/mol. The second-order valence-electron chi connectivity index (χ2n) is 5.71. The van der Waals surface area contributed by atoms with Crippen LogP contribution < -0.4 is 10.1 Å². The normalized spacial score (nSPS) is 17.2. The summed E-state index contributed by atoms with van der Waals surface area (Å²) in [5.74, 6) is 0.929. The number of piperazine rings is 1. The van der Waals surface area contributed by atoms with Crippen LogP contribution in [0, 0.1) is 0 Å². The molecule has 1 saturated heterocycles. The minimum Gasteiger partial charge on any atom is -0.497 e. The summed E-state index contributed by atoms with van der Waals surface area (Å²) in [6.07, 6.45) is 0. The Morgan fingerprint density at radius 2 is 1.83 bits per heavy atom. The number of carbonyl (C=O) groups is 1. The molecule has 6 heteroatoms. The van der Waals surface area contributed by atoms with Crippen LogP contribution in [0.25, 0.3) is 0 Å². The number of methoxy groups -OCH3 is 1. The van der Waals surface area contributed by atoms with Crippen LogP contribution in [0.2, 0.25) is 0 Å². The molecule has 1 aromatic rings. The maximum absolute atomic E-state index is 12.3. The summed E-state index contributed by atoms with van der Waals surface area (Å²) >= 11 is 0. The quantitative estimate of drug-likeness (QED) is 0.856. The molecule has 1 aromatic carbocycles. The smallest absolute Gasteiger partial charge is 0.237 e. The van der Waals surface area contributed by atoms with E-state index in [1.807, 2.05) is 31.2 Å². The molecule has 1 N–H and O–H groups in total. The number of amides is 1. The minimum atomic E-state index is -0.0720. The first-order valence-corrected chi connectivity index (χ1v) is 8.01. The molecule has 5 nitrogen and oxygen atoms in total. The third kappa shape index (κ3) is 5.68. The maximum atomic E-state index is 12.3. The molecule has 1 aliphatic heterocycles. The van der Waals surface area contributed by atoms with Crippen molar-refractivity contribution >= 4 is 18.3 Å². The fraction of sp³-hybridized carbons (Fsp3) is 0.588. The summed E-state index contributed by atoms with van der Waals surface area (Å²) in [4.78, 5) is 17.0. The highest BCUT2D eigenvalue weighted by Gasteiger charge is 2.24. The van der Waals surface area contributed by atoms with Crippen LogP contribution in [0.5, 0.6) is 5.75 Å². The Bertz CT molecular complexity index is 473. The number of likely N-dealkylation sites (N-methyl/N-ethyl adjacent to an activating group) is 1. The van der Waals surface area contributed by atoms with Gasteiger partial charge in [0.1, 0.15) is 5.75 Å². The molecule has 1 amide bonds. The van der Waals surface area contributed by atoms with Crippen molar-refractivity contribution in [3.05, 3.63) is 29.8 Å². The number of ether oxygens (including phenoxy) is 1. The second kappa shape index (κ2) is 9.75. The second-order valence-corrected chi connectivity index (χ2v) is 5.71. The summed E-state index contributed by atoms with van der Waals surface area (Å²) in [5.41, 5.74) is 1.08. The van der Waals surface area contributed by atoms with E-state index in [1.54, 1.807) is 7.11 Å². The van der Waals surface area contributed by atoms with Crippen LogP contribution in [-0.4, -0.2) is 61.6 Å². The highest BCUT2D eigenvalue weighted by molar-refractivity contribution is 5.85. The Hall–Kier alpha value is -1.30. The Morgan fingerprint density at radius 3 is 2.35 bits per heavy atom. The lowest BCUT2D eigenvalue weighted by Gasteiger charge is -2.36. The molecular formula is C17H28ClN3O2. The zero-order chi connectivity index (χ0) is 15.9. The zero-order valence-electron chi connectivity index (χ0n) is 14.2. The third-order valence-electron chi connectivity index (χ3n) is 4.41. The lowest BCUT2D eigenvalue weighted by atomic mass is 10.2. The molecule has 2 rings (SSSR count). The number of nitrogens with zero attached hydrogens (tertiary/aromatic N) is 2. The molecule has 0 saturated carbocycles. The van der Waals surface area contributed by atoms with Crippen LogP contribution in [0.3, 0.4) is 0 Å². The van der Waals surface area contributed by atoms with Gasteiger partial charge in [0.05, 0.1) is 13.2 Å². The van der Waals surface area contributed by atoms with Gasteiger partial charge in [-0.2, -0.15) is 0 Å².